The molecule has 2 aliphatic rings. The van der Waals surface area contributed by atoms with E-state index in [4.69, 9.17) is 11.5 Å². The molecule has 0 unspecified atom stereocenters. The van der Waals surface area contributed by atoms with Crippen molar-refractivity contribution < 1.29 is 4.79 Å². The fourth-order valence-electron chi connectivity index (χ4n) is 2.57. The average Bonchev–Trinajstić information content (AvgIpc) is 3.14. The molecule has 2 saturated carbocycles. The van der Waals surface area contributed by atoms with Crippen LogP contribution in [0.3, 0.4) is 0 Å². The van der Waals surface area contributed by atoms with E-state index in [1.165, 1.54) is 25.7 Å². The van der Waals surface area contributed by atoms with E-state index in [1.807, 2.05) is 0 Å². The number of anilines is 2. The third-order valence-electron chi connectivity index (χ3n) is 3.80. The SMILES string of the molecule is Nc1cc(N)cc(C(=O)NC(C2CC2)C2CC2)c1. The lowest BCUT2D eigenvalue weighted by Gasteiger charge is -2.18. The lowest BCUT2D eigenvalue weighted by molar-refractivity contribution is 0.0926. The van der Waals surface area contributed by atoms with Gasteiger partial charge in [-0.2, -0.15) is 0 Å². The standard InChI is InChI=1S/C14H19N3O/c15-11-5-10(6-12(16)7-11)14(18)17-13(8-1-2-8)9-3-4-9/h5-9,13H,1-4,15-16H2,(H,17,18). The summed E-state index contributed by atoms with van der Waals surface area (Å²) in [4.78, 5) is 12.2. The highest BCUT2D eigenvalue weighted by molar-refractivity contribution is 5.96. The van der Waals surface area contributed by atoms with Crippen LogP contribution in [0.15, 0.2) is 18.2 Å². The van der Waals surface area contributed by atoms with E-state index in [0.717, 1.165) is 0 Å². The van der Waals surface area contributed by atoms with Crippen LogP contribution in [0.4, 0.5) is 11.4 Å². The first-order valence-electron chi connectivity index (χ1n) is 6.60. The third kappa shape index (κ3) is 2.42. The predicted octanol–water partition coefficient (Wildman–Crippen LogP) is 1.77. The topological polar surface area (TPSA) is 81.1 Å². The second-order valence-electron chi connectivity index (χ2n) is 5.56. The molecule has 0 heterocycles. The maximum atomic E-state index is 12.2. The molecule has 0 aliphatic heterocycles. The number of hydrogen-bond acceptors (Lipinski definition) is 3. The van der Waals surface area contributed by atoms with E-state index < -0.39 is 0 Å². The Labute approximate surface area is 107 Å². The van der Waals surface area contributed by atoms with Gasteiger partial charge in [-0.25, -0.2) is 0 Å². The molecule has 5 N–H and O–H groups in total. The summed E-state index contributed by atoms with van der Waals surface area (Å²) in [6, 6.07) is 5.39. The molecule has 1 aromatic carbocycles. The van der Waals surface area contributed by atoms with Crippen molar-refractivity contribution in [3.63, 3.8) is 0 Å². The molecule has 3 rings (SSSR count). The molecule has 4 nitrogen and oxygen atoms in total. The van der Waals surface area contributed by atoms with Gasteiger partial charge in [0.1, 0.15) is 0 Å². The molecule has 0 atom stereocenters. The molecule has 2 aliphatic carbocycles. The number of nitrogens with one attached hydrogen (secondary N) is 1. The van der Waals surface area contributed by atoms with Crippen LogP contribution in [0.5, 0.6) is 0 Å². The Morgan fingerprint density at radius 3 is 2.00 bits per heavy atom. The van der Waals surface area contributed by atoms with Crippen LogP contribution in [-0.4, -0.2) is 11.9 Å². The molecule has 0 aromatic heterocycles. The van der Waals surface area contributed by atoms with Crippen LogP contribution < -0.4 is 16.8 Å². The summed E-state index contributed by atoms with van der Waals surface area (Å²) in [5.74, 6) is 1.34. The largest absolute Gasteiger partial charge is 0.399 e. The van der Waals surface area contributed by atoms with Crippen molar-refractivity contribution in [2.45, 2.75) is 31.7 Å². The molecular weight excluding hydrogens is 226 g/mol. The van der Waals surface area contributed by atoms with Gasteiger partial charge in [0.15, 0.2) is 0 Å². The molecule has 18 heavy (non-hydrogen) atoms. The highest BCUT2D eigenvalue weighted by atomic mass is 16.1. The van der Waals surface area contributed by atoms with Gasteiger partial charge in [0.2, 0.25) is 0 Å². The molecule has 1 aromatic rings. The highest BCUT2D eigenvalue weighted by Crippen LogP contribution is 2.44. The van der Waals surface area contributed by atoms with E-state index in [0.29, 0.717) is 34.8 Å². The summed E-state index contributed by atoms with van der Waals surface area (Å²) in [6.07, 6.45) is 5.00. The molecular formula is C14H19N3O. The Balaban J connectivity index is 1.72. The van der Waals surface area contributed by atoms with Crippen molar-refractivity contribution >= 4 is 17.3 Å². The van der Waals surface area contributed by atoms with E-state index in [-0.39, 0.29) is 5.91 Å². The average molecular weight is 245 g/mol. The maximum absolute atomic E-state index is 12.2. The van der Waals surface area contributed by atoms with E-state index >= 15 is 0 Å². The van der Waals surface area contributed by atoms with Crippen LogP contribution in [-0.2, 0) is 0 Å². The number of amides is 1. The van der Waals surface area contributed by atoms with Crippen molar-refractivity contribution in [3.8, 4) is 0 Å². The summed E-state index contributed by atoms with van der Waals surface area (Å²) in [7, 11) is 0. The first-order valence-corrected chi connectivity index (χ1v) is 6.60. The second kappa shape index (κ2) is 4.19. The van der Waals surface area contributed by atoms with Crippen LogP contribution >= 0.6 is 0 Å². The lowest BCUT2D eigenvalue weighted by atomic mass is 10.1. The summed E-state index contributed by atoms with van der Waals surface area (Å²) >= 11 is 0. The predicted molar refractivity (Wildman–Crippen MR) is 72.0 cm³/mol. The Bertz CT molecular complexity index is 446. The second-order valence-corrected chi connectivity index (χ2v) is 5.56. The van der Waals surface area contributed by atoms with Gasteiger partial charge < -0.3 is 16.8 Å². The van der Waals surface area contributed by atoms with Gasteiger partial charge in [-0.15, -0.1) is 0 Å². The summed E-state index contributed by atoms with van der Waals surface area (Å²) in [6.45, 7) is 0. The smallest absolute Gasteiger partial charge is 0.251 e. The first kappa shape index (κ1) is 11.4. The lowest BCUT2D eigenvalue weighted by Crippen LogP contribution is -2.38. The van der Waals surface area contributed by atoms with Crippen molar-refractivity contribution in [2.75, 3.05) is 11.5 Å². The van der Waals surface area contributed by atoms with Crippen molar-refractivity contribution in [2.24, 2.45) is 11.8 Å². The molecule has 1 amide bonds. The van der Waals surface area contributed by atoms with Gasteiger partial charge in [0.05, 0.1) is 0 Å². The minimum absolute atomic E-state index is 0.0437. The molecule has 96 valence electrons. The number of carbonyl (C=O) groups is 1. The zero-order chi connectivity index (χ0) is 12.7. The minimum atomic E-state index is -0.0437. The van der Waals surface area contributed by atoms with Gasteiger partial charge >= 0.3 is 0 Å². The Morgan fingerprint density at radius 2 is 1.56 bits per heavy atom. The fraction of sp³-hybridized carbons (Fsp3) is 0.500. The van der Waals surface area contributed by atoms with Gasteiger partial charge in [-0.1, -0.05) is 0 Å². The number of hydrogen-bond donors (Lipinski definition) is 3. The number of nitrogen functional groups attached to an aromatic ring is 2. The molecule has 4 heteroatoms. The van der Waals surface area contributed by atoms with E-state index in [9.17, 15) is 4.79 Å². The minimum Gasteiger partial charge on any atom is -0.399 e. The summed E-state index contributed by atoms with van der Waals surface area (Å²) < 4.78 is 0. The number of carbonyl (C=O) groups excluding carboxylic acids is 1. The molecule has 2 fully saturated rings. The Hall–Kier alpha value is -1.71. The van der Waals surface area contributed by atoms with Gasteiger partial charge in [-0.3, -0.25) is 4.79 Å². The van der Waals surface area contributed by atoms with Crippen molar-refractivity contribution in [1.29, 1.82) is 0 Å². The van der Waals surface area contributed by atoms with Gasteiger partial charge in [0, 0.05) is 23.0 Å². The van der Waals surface area contributed by atoms with Gasteiger partial charge in [0.25, 0.3) is 5.91 Å². The maximum Gasteiger partial charge on any atom is 0.251 e. The quantitative estimate of drug-likeness (QED) is 0.707. The molecule has 0 saturated heterocycles. The van der Waals surface area contributed by atoms with E-state index in [2.05, 4.69) is 5.32 Å². The molecule has 0 radical (unpaired) electrons. The first-order chi connectivity index (χ1) is 8.63. The van der Waals surface area contributed by atoms with Crippen LogP contribution in [0.1, 0.15) is 36.0 Å². The van der Waals surface area contributed by atoms with Crippen LogP contribution in [0.25, 0.3) is 0 Å². The summed E-state index contributed by atoms with van der Waals surface area (Å²) in [5.41, 5.74) is 13.1. The number of rotatable bonds is 4. The van der Waals surface area contributed by atoms with E-state index in [1.54, 1.807) is 18.2 Å². The Morgan fingerprint density at radius 1 is 1.06 bits per heavy atom. The highest BCUT2D eigenvalue weighted by Gasteiger charge is 2.42. The summed E-state index contributed by atoms with van der Waals surface area (Å²) in [5, 5.41) is 3.16. The normalized spacial score (nSPS) is 18.9. The Kier molecular flexibility index (Phi) is 2.65. The molecule has 0 bridgehead atoms. The van der Waals surface area contributed by atoms with Crippen LogP contribution in [0, 0.1) is 11.8 Å². The zero-order valence-corrected chi connectivity index (χ0v) is 10.4. The number of benzene rings is 1. The zero-order valence-electron chi connectivity index (χ0n) is 10.4. The van der Waals surface area contributed by atoms with Crippen LogP contribution in [0.2, 0.25) is 0 Å². The fourth-order valence-corrected chi connectivity index (χ4v) is 2.57. The third-order valence-corrected chi connectivity index (χ3v) is 3.80. The van der Waals surface area contributed by atoms with Crippen molar-refractivity contribution in [3.05, 3.63) is 23.8 Å². The van der Waals surface area contributed by atoms with Gasteiger partial charge in [-0.05, 0) is 55.7 Å². The monoisotopic (exact) mass is 245 g/mol. The molecule has 0 spiro atoms. The van der Waals surface area contributed by atoms with Crippen molar-refractivity contribution in [1.82, 2.24) is 5.32 Å². The number of nitrogens with two attached hydrogens (primary N) is 2.